The van der Waals surface area contributed by atoms with Crippen molar-refractivity contribution in [1.82, 2.24) is 14.9 Å². The van der Waals surface area contributed by atoms with Gasteiger partial charge in [0.2, 0.25) is 5.91 Å². The number of terminal acetylenes is 1. The molecule has 2 saturated heterocycles. The molecule has 33 heavy (non-hydrogen) atoms. The normalized spacial score (nSPS) is 19.6. The van der Waals surface area contributed by atoms with Crippen molar-refractivity contribution in [3.63, 3.8) is 0 Å². The van der Waals surface area contributed by atoms with Crippen molar-refractivity contribution in [2.45, 2.75) is 44.9 Å². The molecule has 2 aromatic heterocycles. The molecule has 168 valence electrons. The van der Waals surface area contributed by atoms with Gasteiger partial charge in [0.1, 0.15) is 5.82 Å². The lowest BCUT2D eigenvalue weighted by Gasteiger charge is -2.41. The van der Waals surface area contributed by atoms with Crippen molar-refractivity contribution < 1.29 is 9.53 Å². The summed E-state index contributed by atoms with van der Waals surface area (Å²) >= 11 is 0. The number of anilines is 1. The van der Waals surface area contributed by atoms with E-state index in [-0.39, 0.29) is 5.91 Å². The van der Waals surface area contributed by atoms with E-state index in [0.717, 1.165) is 53.8 Å². The van der Waals surface area contributed by atoms with Crippen LogP contribution in [0.15, 0.2) is 48.8 Å². The monoisotopic (exact) mass is 440 g/mol. The van der Waals surface area contributed by atoms with Crippen LogP contribution in [0.2, 0.25) is 0 Å². The predicted octanol–water partition coefficient (Wildman–Crippen LogP) is 3.71. The maximum Gasteiger partial charge on any atom is 0.225 e. The lowest BCUT2D eigenvalue weighted by atomic mass is 10.0. The number of ether oxygens (including phenoxy) is 1. The lowest BCUT2D eigenvalue weighted by molar-refractivity contribution is -0.133. The summed E-state index contributed by atoms with van der Waals surface area (Å²) < 4.78 is 5.94. The fraction of sp³-hybridized carbons (Fsp3) is 0.370. The Morgan fingerprint density at radius 2 is 1.97 bits per heavy atom. The Morgan fingerprint density at radius 1 is 1.15 bits per heavy atom. The second-order valence-corrected chi connectivity index (χ2v) is 8.87. The molecule has 2 aliphatic rings. The Morgan fingerprint density at radius 3 is 2.70 bits per heavy atom. The molecular formula is C27H28N4O2. The van der Waals surface area contributed by atoms with Gasteiger partial charge in [-0.15, -0.1) is 6.42 Å². The summed E-state index contributed by atoms with van der Waals surface area (Å²) in [4.78, 5) is 26.3. The molecule has 0 aliphatic carbocycles. The fourth-order valence-corrected chi connectivity index (χ4v) is 5.11. The van der Waals surface area contributed by atoms with Crippen LogP contribution < -0.4 is 4.90 Å². The van der Waals surface area contributed by atoms with E-state index in [4.69, 9.17) is 11.2 Å². The minimum atomic E-state index is 0.165. The molecule has 3 aromatic rings. The summed E-state index contributed by atoms with van der Waals surface area (Å²) in [7, 11) is 0. The Bertz CT molecular complexity index is 1190. The highest BCUT2D eigenvalue weighted by atomic mass is 16.5. The highest BCUT2D eigenvalue weighted by Gasteiger charge is 2.41. The molecule has 0 radical (unpaired) electrons. The number of carbonyl (C=O) groups is 1. The number of pyridine rings is 2. The lowest BCUT2D eigenvalue weighted by Crippen LogP contribution is -2.55. The van der Waals surface area contributed by atoms with Crippen LogP contribution in [0.25, 0.3) is 10.9 Å². The first-order valence-electron chi connectivity index (χ1n) is 11.5. The molecule has 5 rings (SSSR count). The number of likely N-dealkylation sites (tertiary alicyclic amines) is 1. The molecule has 0 N–H and O–H groups in total. The number of hydrogen-bond donors (Lipinski definition) is 0. The van der Waals surface area contributed by atoms with Crippen molar-refractivity contribution in [3.05, 3.63) is 65.5 Å². The number of aryl methyl sites for hydroxylation is 1. The molecular weight excluding hydrogens is 412 g/mol. The Labute approximate surface area is 194 Å². The third-order valence-electron chi connectivity index (χ3n) is 6.85. The maximum absolute atomic E-state index is 12.9. The molecule has 6 nitrogen and oxygen atoms in total. The van der Waals surface area contributed by atoms with Crippen LogP contribution in [0, 0.1) is 19.3 Å². The molecule has 1 amide bonds. The van der Waals surface area contributed by atoms with Gasteiger partial charge in [0.25, 0.3) is 0 Å². The minimum Gasteiger partial charge on any atom is -0.376 e. The quantitative estimate of drug-likeness (QED) is 0.432. The zero-order chi connectivity index (χ0) is 22.8. The number of benzene rings is 1. The Kier molecular flexibility index (Phi) is 5.97. The first kappa shape index (κ1) is 21.4. The number of carbonyl (C=O) groups excluding carboxylic acids is 1. The highest BCUT2D eigenvalue weighted by molar-refractivity contribution is 5.83. The van der Waals surface area contributed by atoms with Gasteiger partial charge in [0.05, 0.1) is 25.2 Å². The van der Waals surface area contributed by atoms with E-state index in [1.54, 1.807) is 12.4 Å². The molecule has 2 unspecified atom stereocenters. The minimum absolute atomic E-state index is 0.165. The van der Waals surface area contributed by atoms with Gasteiger partial charge in [-0.1, -0.05) is 18.1 Å². The van der Waals surface area contributed by atoms with Gasteiger partial charge in [-0.3, -0.25) is 9.78 Å². The van der Waals surface area contributed by atoms with Gasteiger partial charge in [-0.25, -0.2) is 4.98 Å². The molecule has 6 heteroatoms. The second-order valence-electron chi connectivity index (χ2n) is 8.87. The average Bonchev–Trinajstić information content (AvgIpc) is 3.11. The third-order valence-corrected chi connectivity index (χ3v) is 6.85. The van der Waals surface area contributed by atoms with Crippen molar-refractivity contribution in [3.8, 4) is 12.3 Å². The molecule has 1 aromatic carbocycles. The van der Waals surface area contributed by atoms with Gasteiger partial charge < -0.3 is 14.5 Å². The van der Waals surface area contributed by atoms with Gasteiger partial charge in [0.15, 0.2) is 0 Å². The van der Waals surface area contributed by atoms with Crippen molar-refractivity contribution >= 4 is 22.6 Å². The van der Waals surface area contributed by atoms with Crippen molar-refractivity contribution in [2.24, 2.45) is 0 Å². The van der Waals surface area contributed by atoms with E-state index < -0.39 is 0 Å². The molecule has 0 saturated carbocycles. The Hall–Kier alpha value is -3.43. The topological polar surface area (TPSA) is 58.6 Å². The zero-order valence-corrected chi connectivity index (χ0v) is 18.9. The van der Waals surface area contributed by atoms with E-state index in [1.165, 1.54) is 5.56 Å². The van der Waals surface area contributed by atoms with Crippen molar-refractivity contribution in [2.75, 3.05) is 24.6 Å². The highest BCUT2D eigenvalue weighted by Crippen LogP contribution is 2.34. The summed E-state index contributed by atoms with van der Waals surface area (Å²) in [5.41, 5.74) is 4.07. The Balaban J connectivity index is 1.15. The molecule has 4 heterocycles. The van der Waals surface area contributed by atoms with E-state index in [1.807, 2.05) is 29.2 Å². The average molecular weight is 441 g/mol. The smallest absolute Gasteiger partial charge is 0.225 e. The largest absolute Gasteiger partial charge is 0.376 e. The number of amides is 1. The number of hydrogen-bond acceptors (Lipinski definition) is 5. The standard InChI is InChI=1S/C27H28N4O2/c1-3-20-7-11-26(29-15-20)31-21-8-9-22(31)17-30(16-21)27(32)12-14-33-18-24-19(2)6-10-25-23(24)5-4-13-28-25/h1,4-7,10-11,13,15,21-22H,8-9,12,14,16-18H2,2H3. The SMILES string of the molecule is C#Cc1ccc(N2C3CCC2CN(C(=O)CCOCc2c(C)ccc4ncccc24)C3)nc1. The summed E-state index contributed by atoms with van der Waals surface area (Å²) in [5.74, 6) is 3.74. The van der Waals surface area contributed by atoms with E-state index in [9.17, 15) is 4.79 Å². The predicted molar refractivity (Wildman–Crippen MR) is 129 cm³/mol. The van der Waals surface area contributed by atoms with Crippen LogP contribution >= 0.6 is 0 Å². The van der Waals surface area contributed by atoms with Gasteiger partial charge in [-0.05, 0) is 55.2 Å². The number of nitrogens with zero attached hydrogens (tertiary/aromatic N) is 4. The van der Waals surface area contributed by atoms with Crippen LogP contribution in [-0.2, 0) is 16.1 Å². The van der Waals surface area contributed by atoms with Crippen LogP contribution in [0.5, 0.6) is 0 Å². The van der Waals surface area contributed by atoms with E-state index >= 15 is 0 Å². The van der Waals surface area contributed by atoms with Crippen LogP contribution in [0.4, 0.5) is 5.82 Å². The molecule has 2 fully saturated rings. The molecule has 2 aliphatic heterocycles. The third kappa shape index (κ3) is 4.29. The first-order chi connectivity index (χ1) is 16.1. The summed E-state index contributed by atoms with van der Waals surface area (Å²) in [6.07, 6.45) is 11.6. The first-order valence-corrected chi connectivity index (χ1v) is 11.5. The van der Waals surface area contributed by atoms with Crippen LogP contribution in [-0.4, -0.2) is 52.6 Å². The zero-order valence-electron chi connectivity index (χ0n) is 18.9. The maximum atomic E-state index is 12.9. The van der Waals surface area contributed by atoms with Gasteiger partial charge in [-0.2, -0.15) is 0 Å². The van der Waals surface area contributed by atoms with E-state index in [0.29, 0.717) is 31.7 Å². The summed E-state index contributed by atoms with van der Waals surface area (Å²) in [6.45, 7) is 4.46. The van der Waals surface area contributed by atoms with Crippen LogP contribution in [0.1, 0.15) is 36.0 Å². The summed E-state index contributed by atoms with van der Waals surface area (Å²) in [5, 5.41) is 1.11. The van der Waals surface area contributed by atoms with Crippen molar-refractivity contribution in [1.29, 1.82) is 0 Å². The fourth-order valence-electron chi connectivity index (χ4n) is 5.11. The summed E-state index contributed by atoms with van der Waals surface area (Å²) in [6, 6.07) is 12.7. The van der Waals surface area contributed by atoms with Crippen LogP contribution in [0.3, 0.4) is 0 Å². The molecule has 2 atom stereocenters. The molecule has 0 spiro atoms. The number of aromatic nitrogens is 2. The van der Waals surface area contributed by atoms with E-state index in [2.05, 4.69) is 39.8 Å². The number of fused-ring (bicyclic) bond motifs is 3. The number of rotatable bonds is 6. The number of piperazine rings is 1. The van der Waals surface area contributed by atoms with Gasteiger partial charge in [0, 0.05) is 48.5 Å². The molecule has 2 bridgehead atoms. The van der Waals surface area contributed by atoms with Gasteiger partial charge >= 0.3 is 0 Å². The second kappa shape index (κ2) is 9.21.